The molecule has 2 N–H and O–H groups in total. The van der Waals surface area contributed by atoms with Crippen LogP contribution in [0.2, 0.25) is 0 Å². The standard InChI is InChI=1S/C16H25NO3S/c1-16(2)8-6-15(7-9-16)17-21(19,20)12-14-5-3-4-13(10-14)11-18/h3-5,10,15,17-18H,6-9,11-12H2,1-2H3. The quantitative estimate of drug-likeness (QED) is 0.878. The minimum atomic E-state index is -3.33. The number of nitrogens with one attached hydrogen (secondary N) is 1. The van der Waals surface area contributed by atoms with Crippen LogP contribution in [0.1, 0.15) is 50.7 Å². The average molecular weight is 311 g/mol. The monoisotopic (exact) mass is 311 g/mol. The fourth-order valence-corrected chi connectivity index (χ4v) is 4.30. The zero-order chi connectivity index (χ0) is 15.5. The molecular formula is C16H25NO3S. The van der Waals surface area contributed by atoms with Crippen molar-refractivity contribution < 1.29 is 13.5 Å². The van der Waals surface area contributed by atoms with Crippen molar-refractivity contribution in [3.63, 3.8) is 0 Å². The normalized spacial score (nSPS) is 19.6. The Morgan fingerprint density at radius 2 is 1.86 bits per heavy atom. The van der Waals surface area contributed by atoms with Crippen LogP contribution < -0.4 is 4.72 Å². The van der Waals surface area contributed by atoms with Crippen molar-refractivity contribution in [2.75, 3.05) is 0 Å². The SMILES string of the molecule is CC1(C)CCC(NS(=O)(=O)Cc2cccc(CO)c2)CC1. The Kier molecular flexibility index (Phi) is 5.07. The molecule has 4 nitrogen and oxygen atoms in total. The Morgan fingerprint density at radius 3 is 2.48 bits per heavy atom. The Balaban J connectivity index is 1.96. The topological polar surface area (TPSA) is 66.4 Å². The van der Waals surface area contributed by atoms with Crippen LogP contribution in [0.25, 0.3) is 0 Å². The molecule has 0 aromatic heterocycles. The lowest BCUT2D eigenvalue weighted by Gasteiger charge is -2.34. The van der Waals surface area contributed by atoms with Gasteiger partial charge in [-0.3, -0.25) is 0 Å². The summed E-state index contributed by atoms with van der Waals surface area (Å²) < 4.78 is 27.3. The highest BCUT2D eigenvalue weighted by Crippen LogP contribution is 2.35. The van der Waals surface area contributed by atoms with Gasteiger partial charge in [0.05, 0.1) is 12.4 Å². The fraction of sp³-hybridized carbons (Fsp3) is 0.625. The summed E-state index contributed by atoms with van der Waals surface area (Å²) in [6.07, 6.45) is 3.92. The Hall–Kier alpha value is -0.910. The molecule has 0 amide bonds. The molecule has 0 radical (unpaired) electrons. The van der Waals surface area contributed by atoms with Gasteiger partial charge in [0.15, 0.2) is 0 Å². The molecule has 21 heavy (non-hydrogen) atoms. The van der Waals surface area contributed by atoms with Gasteiger partial charge >= 0.3 is 0 Å². The minimum Gasteiger partial charge on any atom is -0.392 e. The van der Waals surface area contributed by atoms with E-state index in [4.69, 9.17) is 5.11 Å². The van der Waals surface area contributed by atoms with E-state index in [1.807, 2.05) is 0 Å². The summed E-state index contributed by atoms with van der Waals surface area (Å²) >= 11 is 0. The Labute approximate surface area is 127 Å². The molecule has 2 rings (SSSR count). The van der Waals surface area contributed by atoms with Gasteiger partial charge in [-0.15, -0.1) is 0 Å². The maximum absolute atomic E-state index is 12.3. The van der Waals surface area contributed by atoms with Crippen LogP contribution in [-0.4, -0.2) is 19.6 Å². The highest BCUT2D eigenvalue weighted by atomic mass is 32.2. The van der Waals surface area contributed by atoms with Crippen molar-refractivity contribution in [1.82, 2.24) is 4.72 Å². The highest BCUT2D eigenvalue weighted by Gasteiger charge is 2.29. The van der Waals surface area contributed by atoms with Crippen molar-refractivity contribution in [3.05, 3.63) is 35.4 Å². The van der Waals surface area contributed by atoms with Crippen molar-refractivity contribution in [2.24, 2.45) is 5.41 Å². The van der Waals surface area contributed by atoms with Crippen LogP contribution in [0.5, 0.6) is 0 Å². The molecule has 0 heterocycles. The first kappa shape index (κ1) is 16.5. The molecule has 0 unspecified atom stereocenters. The van der Waals surface area contributed by atoms with E-state index in [0.29, 0.717) is 11.0 Å². The lowest BCUT2D eigenvalue weighted by atomic mass is 9.76. The lowest BCUT2D eigenvalue weighted by Crippen LogP contribution is -2.39. The molecule has 0 spiro atoms. The second kappa shape index (κ2) is 6.46. The third-order valence-corrected chi connectivity index (χ3v) is 5.62. The predicted octanol–water partition coefficient (Wildman–Crippen LogP) is 2.57. The van der Waals surface area contributed by atoms with E-state index in [9.17, 15) is 8.42 Å². The second-order valence-electron chi connectivity index (χ2n) is 6.79. The molecule has 1 aliphatic carbocycles. The van der Waals surface area contributed by atoms with E-state index in [1.54, 1.807) is 24.3 Å². The molecule has 0 aliphatic heterocycles. The Bertz CT molecular complexity index is 571. The Morgan fingerprint density at radius 1 is 1.24 bits per heavy atom. The summed E-state index contributed by atoms with van der Waals surface area (Å²) in [5, 5.41) is 9.11. The molecule has 1 aliphatic rings. The molecule has 118 valence electrons. The lowest BCUT2D eigenvalue weighted by molar-refractivity contribution is 0.218. The molecule has 5 heteroatoms. The predicted molar refractivity (Wildman–Crippen MR) is 84.2 cm³/mol. The number of sulfonamides is 1. The second-order valence-corrected chi connectivity index (χ2v) is 8.55. The zero-order valence-corrected chi connectivity index (χ0v) is 13.6. The largest absolute Gasteiger partial charge is 0.392 e. The van der Waals surface area contributed by atoms with Crippen molar-refractivity contribution in [1.29, 1.82) is 0 Å². The van der Waals surface area contributed by atoms with Crippen LogP contribution in [0, 0.1) is 5.41 Å². The van der Waals surface area contributed by atoms with Crippen molar-refractivity contribution >= 4 is 10.0 Å². The summed E-state index contributed by atoms with van der Waals surface area (Å²) in [6, 6.07) is 7.14. The fourth-order valence-electron chi connectivity index (χ4n) is 2.85. The van der Waals surface area contributed by atoms with E-state index < -0.39 is 10.0 Å². The average Bonchev–Trinajstić information content (AvgIpc) is 2.41. The maximum atomic E-state index is 12.3. The minimum absolute atomic E-state index is 0.0271. The summed E-state index contributed by atoms with van der Waals surface area (Å²) in [5.41, 5.74) is 1.78. The third-order valence-electron chi connectivity index (χ3n) is 4.22. The van der Waals surface area contributed by atoms with Gasteiger partial charge < -0.3 is 5.11 Å². The summed E-state index contributed by atoms with van der Waals surface area (Å²) in [4.78, 5) is 0. The van der Waals surface area contributed by atoms with Gasteiger partial charge in [-0.25, -0.2) is 13.1 Å². The number of rotatable bonds is 5. The van der Waals surface area contributed by atoms with Gasteiger partial charge in [-0.1, -0.05) is 38.1 Å². The number of hydrogen-bond acceptors (Lipinski definition) is 3. The first-order valence-electron chi connectivity index (χ1n) is 7.48. The van der Waals surface area contributed by atoms with Crippen LogP contribution in [-0.2, 0) is 22.4 Å². The van der Waals surface area contributed by atoms with Crippen molar-refractivity contribution in [2.45, 2.75) is 57.9 Å². The van der Waals surface area contributed by atoms with Crippen LogP contribution in [0.15, 0.2) is 24.3 Å². The summed E-state index contributed by atoms with van der Waals surface area (Å²) in [7, 11) is -3.33. The first-order valence-corrected chi connectivity index (χ1v) is 9.14. The van der Waals surface area contributed by atoms with Gasteiger partial charge in [-0.05, 0) is 42.2 Å². The number of hydrogen-bond donors (Lipinski definition) is 2. The molecule has 1 fully saturated rings. The van der Waals surface area contributed by atoms with E-state index >= 15 is 0 Å². The molecule has 1 aromatic carbocycles. The molecule has 0 bridgehead atoms. The molecule has 1 aromatic rings. The van der Waals surface area contributed by atoms with Gasteiger partial charge in [0.1, 0.15) is 0 Å². The van der Waals surface area contributed by atoms with Gasteiger partial charge in [0.25, 0.3) is 0 Å². The van der Waals surface area contributed by atoms with Crippen LogP contribution in [0.3, 0.4) is 0 Å². The smallest absolute Gasteiger partial charge is 0.216 e. The zero-order valence-electron chi connectivity index (χ0n) is 12.8. The number of aliphatic hydroxyl groups is 1. The van der Waals surface area contributed by atoms with Crippen LogP contribution >= 0.6 is 0 Å². The number of benzene rings is 1. The number of aliphatic hydroxyl groups excluding tert-OH is 1. The highest BCUT2D eigenvalue weighted by molar-refractivity contribution is 7.88. The van der Waals surface area contributed by atoms with E-state index in [0.717, 1.165) is 31.2 Å². The summed E-state index contributed by atoms with van der Waals surface area (Å²) in [6.45, 7) is 4.40. The van der Waals surface area contributed by atoms with Gasteiger partial charge in [0.2, 0.25) is 10.0 Å². The maximum Gasteiger partial charge on any atom is 0.216 e. The van der Waals surface area contributed by atoms with Gasteiger partial charge in [-0.2, -0.15) is 0 Å². The summed E-state index contributed by atoms with van der Waals surface area (Å²) in [5.74, 6) is -0.0271. The van der Waals surface area contributed by atoms with E-state index in [2.05, 4.69) is 18.6 Å². The molecular weight excluding hydrogens is 286 g/mol. The van der Waals surface area contributed by atoms with Gasteiger partial charge in [0, 0.05) is 6.04 Å². The van der Waals surface area contributed by atoms with E-state index in [-0.39, 0.29) is 18.4 Å². The molecule has 0 saturated heterocycles. The molecule has 0 atom stereocenters. The molecule has 1 saturated carbocycles. The third kappa shape index (κ3) is 5.09. The van der Waals surface area contributed by atoms with E-state index in [1.165, 1.54) is 0 Å². The van der Waals surface area contributed by atoms with Crippen LogP contribution in [0.4, 0.5) is 0 Å². The van der Waals surface area contributed by atoms with Crippen molar-refractivity contribution in [3.8, 4) is 0 Å². The first-order chi connectivity index (χ1) is 9.80.